The lowest BCUT2D eigenvalue weighted by Gasteiger charge is -2.07. The van der Waals surface area contributed by atoms with E-state index in [1.54, 1.807) is 12.1 Å². The van der Waals surface area contributed by atoms with Crippen LogP contribution < -0.4 is 4.74 Å². The van der Waals surface area contributed by atoms with Crippen molar-refractivity contribution >= 4 is 39.9 Å². The summed E-state index contributed by atoms with van der Waals surface area (Å²) in [5.41, 5.74) is 1.96. The van der Waals surface area contributed by atoms with Crippen LogP contribution in [-0.4, -0.2) is 23.1 Å². The monoisotopic (exact) mass is 373 g/mol. The molecule has 0 atom stereocenters. The van der Waals surface area contributed by atoms with Gasteiger partial charge < -0.3 is 4.74 Å². The van der Waals surface area contributed by atoms with Crippen LogP contribution in [-0.2, 0) is 11.2 Å². The smallest absolute Gasteiger partial charge is 0.285 e. The number of carbonyl (C=O) groups is 1. The van der Waals surface area contributed by atoms with Crippen LogP contribution in [0.15, 0.2) is 58.4 Å². The van der Waals surface area contributed by atoms with Crippen molar-refractivity contribution < 1.29 is 13.9 Å². The molecule has 0 spiro atoms. The van der Waals surface area contributed by atoms with Gasteiger partial charge in [0.1, 0.15) is 15.9 Å². The van der Waals surface area contributed by atoms with Gasteiger partial charge in [0.05, 0.1) is 11.5 Å². The van der Waals surface area contributed by atoms with Gasteiger partial charge in [-0.1, -0.05) is 36.0 Å². The van der Waals surface area contributed by atoms with Gasteiger partial charge >= 0.3 is 0 Å². The van der Waals surface area contributed by atoms with Crippen molar-refractivity contribution in [2.75, 3.05) is 12.9 Å². The molecule has 0 fully saturated rings. The average Bonchev–Trinajstić information content (AvgIpc) is 2.98. The van der Waals surface area contributed by atoms with Gasteiger partial charge in [-0.25, -0.2) is 4.39 Å². The minimum Gasteiger partial charge on any atom is -0.493 e. The highest BCUT2D eigenvalue weighted by atomic mass is 32.2. The average molecular weight is 373 g/mol. The molecule has 0 saturated heterocycles. The molecular weight excluding hydrogens is 357 g/mol. The van der Waals surface area contributed by atoms with Gasteiger partial charge in [-0.05, 0) is 47.7 Å². The Balaban J connectivity index is 1.54. The van der Waals surface area contributed by atoms with Crippen LogP contribution >= 0.6 is 23.5 Å². The second kappa shape index (κ2) is 8.36. The second-order valence-corrected chi connectivity index (χ2v) is 7.38. The molecule has 2 aromatic rings. The van der Waals surface area contributed by atoms with Crippen molar-refractivity contribution in [3.8, 4) is 5.75 Å². The zero-order valence-electron chi connectivity index (χ0n) is 13.6. The minimum absolute atomic E-state index is 0.186. The molecule has 0 bridgehead atoms. The third kappa shape index (κ3) is 4.96. The molecule has 0 N–H and O–H groups in total. The van der Waals surface area contributed by atoms with Crippen LogP contribution in [0.1, 0.15) is 11.1 Å². The Morgan fingerprint density at radius 3 is 2.52 bits per heavy atom. The molecule has 0 unspecified atom stereocenters. The van der Waals surface area contributed by atoms with E-state index in [-0.39, 0.29) is 11.7 Å². The van der Waals surface area contributed by atoms with Crippen molar-refractivity contribution in [3.63, 3.8) is 0 Å². The van der Waals surface area contributed by atoms with Crippen molar-refractivity contribution in [1.82, 2.24) is 0 Å². The molecule has 25 heavy (non-hydrogen) atoms. The van der Waals surface area contributed by atoms with Gasteiger partial charge in [-0.3, -0.25) is 4.79 Å². The highest BCUT2D eigenvalue weighted by Crippen LogP contribution is 2.32. The Bertz CT molecular complexity index is 814. The zero-order valence-corrected chi connectivity index (χ0v) is 15.2. The molecule has 3 nitrogen and oxygen atoms in total. The molecule has 1 aliphatic heterocycles. The van der Waals surface area contributed by atoms with Gasteiger partial charge in [-0.2, -0.15) is 4.99 Å². The number of halogens is 1. The number of aliphatic imine (C=N–C) groups is 1. The van der Waals surface area contributed by atoms with Crippen LogP contribution in [0.25, 0.3) is 6.08 Å². The van der Waals surface area contributed by atoms with Crippen LogP contribution in [0.2, 0.25) is 0 Å². The zero-order chi connectivity index (χ0) is 17.6. The van der Waals surface area contributed by atoms with E-state index in [0.717, 1.165) is 21.3 Å². The lowest BCUT2D eigenvalue weighted by Crippen LogP contribution is -2.01. The summed E-state index contributed by atoms with van der Waals surface area (Å²) in [7, 11) is 0. The largest absolute Gasteiger partial charge is 0.493 e. The van der Waals surface area contributed by atoms with E-state index in [1.807, 2.05) is 36.6 Å². The first-order valence-corrected chi connectivity index (χ1v) is 9.72. The molecule has 6 heteroatoms. The number of rotatable bonds is 5. The summed E-state index contributed by atoms with van der Waals surface area (Å²) in [5.74, 6) is 0.341. The topological polar surface area (TPSA) is 38.7 Å². The summed E-state index contributed by atoms with van der Waals surface area (Å²) in [4.78, 5) is 16.4. The number of amides is 1. The molecular formula is C19H16FNO2S2. The fraction of sp³-hybridized carbons (Fsp3) is 0.158. The van der Waals surface area contributed by atoms with Crippen molar-refractivity contribution in [2.24, 2.45) is 4.99 Å². The Kier molecular flexibility index (Phi) is 5.94. The number of carbonyl (C=O) groups excluding carboxylic acids is 1. The SMILES string of the molecule is CSC1=NC(=O)C(=Cc2ccc(OCCc3ccc(F)cc3)cc2)S1. The summed E-state index contributed by atoms with van der Waals surface area (Å²) in [6.07, 6.45) is 4.45. The fourth-order valence-electron chi connectivity index (χ4n) is 2.23. The maximum absolute atomic E-state index is 12.9. The van der Waals surface area contributed by atoms with E-state index < -0.39 is 0 Å². The number of thioether (sulfide) groups is 2. The molecule has 1 heterocycles. The van der Waals surface area contributed by atoms with Crippen LogP contribution in [0.4, 0.5) is 4.39 Å². The predicted molar refractivity (Wildman–Crippen MR) is 104 cm³/mol. The van der Waals surface area contributed by atoms with Gasteiger partial charge in [0.15, 0.2) is 0 Å². The Labute approximate surface area is 154 Å². The lowest BCUT2D eigenvalue weighted by molar-refractivity contribution is -0.113. The molecule has 3 rings (SSSR count). The third-order valence-electron chi connectivity index (χ3n) is 3.53. The number of hydrogen-bond acceptors (Lipinski definition) is 4. The van der Waals surface area contributed by atoms with Crippen LogP contribution in [0, 0.1) is 5.82 Å². The molecule has 0 aromatic heterocycles. The van der Waals surface area contributed by atoms with E-state index in [0.29, 0.717) is 17.9 Å². The summed E-state index contributed by atoms with van der Waals surface area (Å²) in [6.45, 7) is 0.519. The third-order valence-corrected chi connectivity index (χ3v) is 5.49. The number of benzene rings is 2. The molecule has 1 amide bonds. The maximum Gasteiger partial charge on any atom is 0.285 e. The molecule has 0 aliphatic carbocycles. The molecule has 128 valence electrons. The van der Waals surface area contributed by atoms with Crippen molar-refractivity contribution in [1.29, 1.82) is 0 Å². The Hall–Kier alpha value is -2.05. The lowest BCUT2D eigenvalue weighted by atomic mass is 10.1. The second-order valence-electron chi connectivity index (χ2n) is 5.29. The summed E-state index contributed by atoms with van der Waals surface area (Å²) < 4.78 is 19.3. The van der Waals surface area contributed by atoms with Crippen molar-refractivity contribution in [3.05, 3.63) is 70.4 Å². The van der Waals surface area contributed by atoms with E-state index in [1.165, 1.54) is 35.7 Å². The van der Waals surface area contributed by atoms with Crippen molar-refractivity contribution in [2.45, 2.75) is 6.42 Å². The fourth-order valence-corrected chi connectivity index (χ4v) is 3.65. The Morgan fingerprint density at radius 2 is 1.88 bits per heavy atom. The predicted octanol–water partition coefficient (Wildman–Crippen LogP) is 4.78. The first-order valence-electron chi connectivity index (χ1n) is 7.68. The maximum atomic E-state index is 12.9. The van der Waals surface area contributed by atoms with Gasteiger partial charge in [0.2, 0.25) is 0 Å². The number of ether oxygens (including phenoxy) is 1. The highest BCUT2D eigenvalue weighted by molar-refractivity contribution is 8.40. The van der Waals surface area contributed by atoms with E-state index in [2.05, 4.69) is 4.99 Å². The highest BCUT2D eigenvalue weighted by Gasteiger charge is 2.20. The summed E-state index contributed by atoms with van der Waals surface area (Å²) in [5, 5.41) is 0. The standard InChI is InChI=1S/C19H16FNO2S2/c1-24-19-21-18(22)17(25-19)12-14-4-8-16(9-5-14)23-11-10-13-2-6-15(20)7-3-13/h2-9,12H,10-11H2,1H3. The van der Waals surface area contributed by atoms with Crippen LogP contribution in [0.3, 0.4) is 0 Å². The van der Waals surface area contributed by atoms with Crippen LogP contribution in [0.5, 0.6) is 5.75 Å². The van der Waals surface area contributed by atoms with Gasteiger partial charge in [0.25, 0.3) is 5.91 Å². The number of nitrogens with zero attached hydrogens (tertiary/aromatic N) is 1. The van der Waals surface area contributed by atoms with Gasteiger partial charge in [-0.15, -0.1) is 11.8 Å². The first kappa shape index (κ1) is 17.8. The quantitative estimate of drug-likeness (QED) is 0.707. The van der Waals surface area contributed by atoms with E-state index in [4.69, 9.17) is 4.74 Å². The molecule has 2 aromatic carbocycles. The van der Waals surface area contributed by atoms with Gasteiger partial charge in [0, 0.05) is 6.42 Å². The normalized spacial score (nSPS) is 15.5. The Morgan fingerprint density at radius 1 is 1.16 bits per heavy atom. The first-order chi connectivity index (χ1) is 12.1. The van der Waals surface area contributed by atoms with E-state index >= 15 is 0 Å². The summed E-state index contributed by atoms with van der Waals surface area (Å²) in [6, 6.07) is 14.0. The molecule has 0 saturated carbocycles. The number of hydrogen-bond donors (Lipinski definition) is 0. The molecule has 0 radical (unpaired) electrons. The van der Waals surface area contributed by atoms with E-state index in [9.17, 15) is 9.18 Å². The molecule has 1 aliphatic rings. The minimum atomic E-state index is -0.233. The summed E-state index contributed by atoms with van der Waals surface area (Å²) >= 11 is 2.87.